The van der Waals surface area contributed by atoms with Crippen LogP contribution in [0.4, 0.5) is 5.82 Å². The number of nitriles is 1. The third-order valence-corrected chi connectivity index (χ3v) is 3.68. The van der Waals surface area contributed by atoms with E-state index in [2.05, 4.69) is 14.9 Å². The number of nitrogens with zero attached hydrogens (tertiary/aromatic N) is 5. The number of hydrogen-bond acceptors (Lipinski definition) is 5. The molecule has 0 saturated carbocycles. The summed E-state index contributed by atoms with van der Waals surface area (Å²) >= 11 is 0. The van der Waals surface area contributed by atoms with E-state index in [1.165, 1.54) is 6.33 Å². The molecule has 1 fully saturated rings. The topological polar surface area (TPSA) is 73.1 Å². The number of anilines is 1. The minimum Gasteiger partial charge on any atom is -0.353 e. The highest BCUT2D eigenvalue weighted by Crippen LogP contribution is 2.15. The van der Waals surface area contributed by atoms with Gasteiger partial charge in [-0.3, -0.25) is 4.79 Å². The number of carbonyl (C=O) groups excluding carboxylic acids is 1. The van der Waals surface area contributed by atoms with Crippen molar-refractivity contribution in [2.75, 3.05) is 31.1 Å². The maximum absolute atomic E-state index is 12.4. The molecule has 110 valence electrons. The molecule has 6 nitrogen and oxygen atoms in total. The number of benzene rings is 1. The first-order valence-electron chi connectivity index (χ1n) is 7.09. The van der Waals surface area contributed by atoms with E-state index in [1.54, 1.807) is 6.07 Å². The highest BCUT2D eigenvalue weighted by molar-refractivity contribution is 5.94. The van der Waals surface area contributed by atoms with E-state index in [1.807, 2.05) is 41.3 Å². The summed E-state index contributed by atoms with van der Waals surface area (Å²) < 4.78 is 0. The van der Waals surface area contributed by atoms with Gasteiger partial charge in [0.05, 0.1) is 0 Å². The van der Waals surface area contributed by atoms with Gasteiger partial charge >= 0.3 is 0 Å². The third-order valence-electron chi connectivity index (χ3n) is 3.68. The van der Waals surface area contributed by atoms with Crippen LogP contribution in [0.1, 0.15) is 16.1 Å². The zero-order valence-corrected chi connectivity index (χ0v) is 12.0. The first kappa shape index (κ1) is 14.0. The van der Waals surface area contributed by atoms with E-state index in [-0.39, 0.29) is 5.91 Å². The maximum atomic E-state index is 12.4. The molecule has 0 bridgehead atoms. The Kier molecular flexibility index (Phi) is 3.97. The molecule has 0 aliphatic carbocycles. The molecule has 0 unspecified atom stereocenters. The Morgan fingerprint density at radius 2 is 1.82 bits per heavy atom. The molecular weight excluding hydrogens is 278 g/mol. The molecule has 1 amide bonds. The lowest BCUT2D eigenvalue weighted by molar-refractivity contribution is 0.0746. The van der Waals surface area contributed by atoms with Crippen LogP contribution >= 0.6 is 0 Å². The van der Waals surface area contributed by atoms with Crippen molar-refractivity contribution in [3.05, 3.63) is 54.0 Å². The lowest BCUT2D eigenvalue weighted by Gasteiger charge is -2.35. The van der Waals surface area contributed by atoms with Crippen molar-refractivity contribution in [3.8, 4) is 6.07 Å². The lowest BCUT2D eigenvalue weighted by atomic mass is 10.2. The number of carbonyl (C=O) groups is 1. The minimum absolute atomic E-state index is 0.0562. The van der Waals surface area contributed by atoms with Gasteiger partial charge in [0.1, 0.15) is 23.9 Å². The molecule has 6 heteroatoms. The van der Waals surface area contributed by atoms with E-state index in [4.69, 9.17) is 5.26 Å². The number of amides is 1. The first-order chi connectivity index (χ1) is 10.8. The zero-order chi connectivity index (χ0) is 15.4. The van der Waals surface area contributed by atoms with Gasteiger partial charge in [-0.15, -0.1) is 0 Å². The van der Waals surface area contributed by atoms with Crippen LogP contribution in [0.3, 0.4) is 0 Å². The van der Waals surface area contributed by atoms with Gasteiger partial charge < -0.3 is 9.80 Å². The van der Waals surface area contributed by atoms with Crippen LogP contribution in [0.2, 0.25) is 0 Å². The van der Waals surface area contributed by atoms with Gasteiger partial charge in [0.25, 0.3) is 5.91 Å². The summed E-state index contributed by atoms with van der Waals surface area (Å²) in [6.07, 6.45) is 1.40. The molecule has 2 aromatic rings. The SMILES string of the molecule is N#Cc1cc(N2CCN(C(=O)c3ccccc3)CC2)ncn1. The first-order valence-corrected chi connectivity index (χ1v) is 7.09. The summed E-state index contributed by atoms with van der Waals surface area (Å²) in [5, 5.41) is 8.89. The molecule has 3 rings (SSSR count). The van der Waals surface area contributed by atoms with Crippen LogP contribution in [0.15, 0.2) is 42.7 Å². The summed E-state index contributed by atoms with van der Waals surface area (Å²) in [5.74, 6) is 0.791. The summed E-state index contributed by atoms with van der Waals surface area (Å²) in [6.45, 7) is 2.67. The second-order valence-corrected chi connectivity index (χ2v) is 5.02. The number of aromatic nitrogens is 2. The monoisotopic (exact) mass is 293 g/mol. The molecular formula is C16H15N5O. The molecule has 2 heterocycles. The Morgan fingerprint density at radius 3 is 2.50 bits per heavy atom. The van der Waals surface area contributed by atoms with E-state index < -0.39 is 0 Å². The van der Waals surface area contributed by atoms with Gasteiger partial charge in [0, 0.05) is 37.8 Å². The zero-order valence-electron chi connectivity index (χ0n) is 12.0. The Morgan fingerprint density at radius 1 is 1.09 bits per heavy atom. The molecule has 1 saturated heterocycles. The van der Waals surface area contributed by atoms with Crippen molar-refractivity contribution in [2.45, 2.75) is 0 Å². The average Bonchev–Trinajstić information content (AvgIpc) is 2.62. The summed E-state index contributed by atoms with van der Waals surface area (Å²) in [5.41, 5.74) is 1.07. The smallest absolute Gasteiger partial charge is 0.253 e. The van der Waals surface area contributed by atoms with Crippen molar-refractivity contribution in [2.24, 2.45) is 0 Å². The van der Waals surface area contributed by atoms with E-state index in [9.17, 15) is 4.79 Å². The van der Waals surface area contributed by atoms with Gasteiger partial charge in [0.15, 0.2) is 0 Å². The molecule has 0 radical (unpaired) electrons. The number of hydrogen-bond donors (Lipinski definition) is 0. The highest BCUT2D eigenvalue weighted by atomic mass is 16.2. The molecule has 0 spiro atoms. The standard InChI is InChI=1S/C16H15N5O/c17-11-14-10-15(19-12-18-14)20-6-8-21(9-7-20)16(22)13-4-2-1-3-5-13/h1-5,10,12H,6-9H2. The number of piperazine rings is 1. The van der Waals surface area contributed by atoms with Crippen molar-refractivity contribution in [1.29, 1.82) is 5.26 Å². The Bertz CT molecular complexity index is 702. The predicted molar refractivity (Wildman–Crippen MR) is 81.3 cm³/mol. The summed E-state index contributed by atoms with van der Waals surface area (Å²) in [6, 6.07) is 13.0. The normalized spacial score (nSPS) is 14.5. The highest BCUT2D eigenvalue weighted by Gasteiger charge is 2.22. The van der Waals surface area contributed by atoms with Crippen LogP contribution in [-0.4, -0.2) is 47.0 Å². The Hall–Kier alpha value is -2.94. The quantitative estimate of drug-likeness (QED) is 0.834. The van der Waals surface area contributed by atoms with Crippen LogP contribution in [0.25, 0.3) is 0 Å². The predicted octanol–water partition coefficient (Wildman–Crippen LogP) is 1.31. The van der Waals surface area contributed by atoms with Crippen molar-refractivity contribution < 1.29 is 4.79 Å². The van der Waals surface area contributed by atoms with E-state index in [0.717, 1.165) is 5.82 Å². The van der Waals surface area contributed by atoms with E-state index in [0.29, 0.717) is 37.4 Å². The molecule has 1 aliphatic heterocycles. The second-order valence-electron chi connectivity index (χ2n) is 5.02. The van der Waals surface area contributed by atoms with Crippen molar-refractivity contribution >= 4 is 11.7 Å². The molecule has 0 N–H and O–H groups in total. The fourth-order valence-corrected chi connectivity index (χ4v) is 2.48. The van der Waals surface area contributed by atoms with Gasteiger partial charge in [-0.25, -0.2) is 9.97 Å². The van der Waals surface area contributed by atoms with E-state index >= 15 is 0 Å². The van der Waals surface area contributed by atoms with Crippen molar-refractivity contribution in [1.82, 2.24) is 14.9 Å². The van der Waals surface area contributed by atoms with Gasteiger partial charge in [-0.2, -0.15) is 5.26 Å². The van der Waals surface area contributed by atoms with Gasteiger partial charge in [0.2, 0.25) is 0 Å². The average molecular weight is 293 g/mol. The summed E-state index contributed by atoms with van der Waals surface area (Å²) in [7, 11) is 0. The third kappa shape index (κ3) is 2.88. The van der Waals surface area contributed by atoms with Gasteiger partial charge in [-0.05, 0) is 12.1 Å². The molecule has 22 heavy (non-hydrogen) atoms. The molecule has 1 aromatic heterocycles. The molecule has 1 aromatic carbocycles. The molecule has 0 atom stereocenters. The van der Waals surface area contributed by atoms with Crippen LogP contribution in [0, 0.1) is 11.3 Å². The Balaban J connectivity index is 1.65. The minimum atomic E-state index is 0.0562. The lowest BCUT2D eigenvalue weighted by Crippen LogP contribution is -2.49. The van der Waals surface area contributed by atoms with Crippen LogP contribution in [-0.2, 0) is 0 Å². The van der Waals surface area contributed by atoms with Crippen LogP contribution in [0.5, 0.6) is 0 Å². The summed E-state index contributed by atoms with van der Waals surface area (Å²) in [4.78, 5) is 24.4. The fourth-order valence-electron chi connectivity index (χ4n) is 2.48. The van der Waals surface area contributed by atoms with Gasteiger partial charge in [-0.1, -0.05) is 18.2 Å². The van der Waals surface area contributed by atoms with Crippen molar-refractivity contribution in [3.63, 3.8) is 0 Å². The largest absolute Gasteiger partial charge is 0.353 e. The second kappa shape index (κ2) is 6.22. The van der Waals surface area contributed by atoms with Crippen LogP contribution < -0.4 is 4.90 Å². The maximum Gasteiger partial charge on any atom is 0.253 e. The fraction of sp³-hybridized carbons (Fsp3) is 0.250. The number of rotatable bonds is 2. The molecule has 1 aliphatic rings. The Labute approximate surface area is 128 Å².